The number of carbonyl (C=O) groups is 1. The molecule has 8 atom stereocenters. The Morgan fingerprint density at radius 2 is 1.95 bits per heavy atom. The van der Waals surface area contributed by atoms with Gasteiger partial charge in [-0.25, -0.2) is 9.78 Å². The summed E-state index contributed by atoms with van der Waals surface area (Å²) < 4.78 is 11.6. The van der Waals surface area contributed by atoms with Crippen molar-refractivity contribution in [3.8, 4) is 0 Å². The number of esters is 1. The molecule has 1 saturated carbocycles. The molecule has 2 bridgehead atoms. The van der Waals surface area contributed by atoms with Crippen molar-refractivity contribution in [1.82, 2.24) is 0 Å². The van der Waals surface area contributed by atoms with E-state index in [0.717, 1.165) is 19.3 Å². The van der Waals surface area contributed by atoms with Crippen LogP contribution in [0.4, 0.5) is 0 Å². The van der Waals surface area contributed by atoms with Crippen LogP contribution >= 0.6 is 0 Å². The third-order valence-corrected chi connectivity index (χ3v) is 6.01. The van der Waals surface area contributed by atoms with Crippen molar-refractivity contribution in [3.63, 3.8) is 0 Å². The Kier molecular flexibility index (Phi) is 2.73. The monoisotopic (exact) mass is 282 g/mol. The first kappa shape index (κ1) is 13.0. The van der Waals surface area contributed by atoms with Crippen LogP contribution in [0.5, 0.6) is 0 Å². The van der Waals surface area contributed by atoms with Crippen molar-refractivity contribution in [2.75, 3.05) is 0 Å². The molecule has 5 rings (SSSR count). The Morgan fingerprint density at radius 3 is 2.75 bits per heavy atom. The smallest absolute Gasteiger partial charge is 0.311 e. The van der Waals surface area contributed by atoms with E-state index in [-0.39, 0.29) is 30.0 Å². The maximum absolute atomic E-state index is 12.1. The highest BCUT2D eigenvalue weighted by Crippen LogP contribution is 2.58. The lowest BCUT2D eigenvalue weighted by Crippen LogP contribution is -2.67. The predicted octanol–water partition coefficient (Wildman–Crippen LogP) is 2.05. The Labute approximate surface area is 118 Å². The zero-order valence-corrected chi connectivity index (χ0v) is 12.2. The van der Waals surface area contributed by atoms with Crippen molar-refractivity contribution in [2.24, 2.45) is 23.7 Å². The lowest BCUT2D eigenvalue weighted by molar-refractivity contribution is -0.459. The van der Waals surface area contributed by atoms with Crippen molar-refractivity contribution < 1.29 is 24.0 Å². The number of hydrogen-bond donors (Lipinski definition) is 0. The van der Waals surface area contributed by atoms with E-state index in [9.17, 15) is 4.79 Å². The van der Waals surface area contributed by atoms with Gasteiger partial charge in [0.05, 0.1) is 12.0 Å². The first-order chi connectivity index (χ1) is 9.54. The lowest BCUT2D eigenvalue weighted by atomic mass is 9.58. The second-order valence-corrected chi connectivity index (χ2v) is 6.97. The molecule has 0 aromatic carbocycles. The van der Waals surface area contributed by atoms with E-state index in [2.05, 4.69) is 6.92 Å². The summed E-state index contributed by atoms with van der Waals surface area (Å²) in [6.45, 7) is 6.17. The van der Waals surface area contributed by atoms with Gasteiger partial charge < -0.3 is 9.47 Å². The summed E-state index contributed by atoms with van der Waals surface area (Å²) in [7, 11) is 0. The normalized spacial score (nSPS) is 57.8. The van der Waals surface area contributed by atoms with Gasteiger partial charge in [-0.15, -0.1) is 0 Å². The SMILES string of the molecule is C[C@@H]1CC[C@@H]2[C@H](C)C(=O)O[C@@H]3O[C@H](C)[C@H]4C[C@@H]1[C@]32OO4. The van der Waals surface area contributed by atoms with Crippen LogP contribution in [0, 0.1) is 23.7 Å². The topological polar surface area (TPSA) is 54.0 Å². The van der Waals surface area contributed by atoms with Gasteiger partial charge >= 0.3 is 5.97 Å². The minimum atomic E-state index is -0.619. The fraction of sp³-hybridized carbons (Fsp3) is 0.933. The Bertz CT molecular complexity index is 438. The largest absolute Gasteiger partial charge is 0.432 e. The third kappa shape index (κ3) is 1.46. The molecule has 5 heteroatoms. The Hall–Kier alpha value is -0.650. The summed E-state index contributed by atoms with van der Waals surface area (Å²) in [6, 6.07) is 0. The second kappa shape index (κ2) is 4.18. The van der Waals surface area contributed by atoms with Gasteiger partial charge in [-0.3, -0.25) is 4.79 Å². The molecule has 4 aliphatic heterocycles. The van der Waals surface area contributed by atoms with E-state index in [1.165, 1.54) is 0 Å². The van der Waals surface area contributed by atoms with E-state index in [1.54, 1.807) is 0 Å². The number of rotatable bonds is 0. The first-order valence-corrected chi connectivity index (χ1v) is 7.74. The fourth-order valence-electron chi connectivity index (χ4n) is 4.75. The summed E-state index contributed by atoms with van der Waals surface area (Å²) in [4.78, 5) is 23.7. The van der Waals surface area contributed by atoms with Crippen LogP contribution in [-0.2, 0) is 24.0 Å². The van der Waals surface area contributed by atoms with E-state index in [4.69, 9.17) is 19.2 Å². The van der Waals surface area contributed by atoms with E-state index in [1.807, 2.05) is 13.8 Å². The molecule has 0 unspecified atom stereocenters. The van der Waals surface area contributed by atoms with Crippen LogP contribution in [0.1, 0.15) is 40.0 Å². The van der Waals surface area contributed by atoms with E-state index in [0.29, 0.717) is 11.8 Å². The average Bonchev–Trinajstić information content (AvgIpc) is 2.63. The van der Waals surface area contributed by atoms with Crippen LogP contribution in [0.2, 0.25) is 0 Å². The molecule has 4 saturated heterocycles. The molecule has 1 spiro atoms. The van der Waals surface area contributed by atoms with Gasteiger partial charge in [-0.1, -0.05) is 13.8 Å². The van der Waals surface area contributed by atoms with E-state index < -0.39 is 11.9 Å². The summed E-state index contributed by atoms with van der Waals surface area (Å²) in [6.07, 6.45) is 2.23. The van der Waals surface area contributed by atoms with Gasteiger partial charge in [0.1, 0.15) is 6.10 Å². The predicted molar refractivity (Wildman–Crippen MR) is 68.3 cm³/mol. The highest BCUT2D eigenvalue weighted by Gasteiger charge is 2.69. The van der Waals surface area contributed by atoms with Crippen LogP contribution < -0.4 is 0 Å². The molecular formula is C15H22O5. The quantitative estimate of drug-likeness (QED) is 0.503. The number of fused-ring (bicyclic) bond motifs is 2. The van der Waals surface area contributed by atoms with Gasteiger partial charge in [0.25, 0.3) is 0 Å². The van der Waals surface area contributed by atoms with Crippen molar-refractivity contribution in [3.05, 3.63) is 0 Å². The molecule has 0 amide bonds. The third-order valence-electron chi connectivity index (χ3n) is 6.01. The molecule has 4 heterocycles. The molecule has 5 aliphatic rings. The number of ether oxygens (including phenoxy) is 2. The van der Waals surface area contributed by atoms with Crippen LogP contribution in [0.3, 0.4) is 0 Å². The van der Waals surface area contributed by atoms with Crippen LogP contribution in [0.15, 0.2) is 0 Å². The zero-order valence-electron chi connectivity index (χ0n) is 12.2. The summed E-state index contributed by atoms with van der Waals surface area (Å²) in [5, 5.41) is 0. The minimum Gasteiger partial charge on any atom is -0.432 e. The van der Waals surface area contributed by atoms with Crippen molar-refractivity contribution >= 4 is 5.97 Å². The lowest BCUT2D eigenvalue weighted by Gasteiger charge is -2.56. The summed E-state index contributed by atoms with van der Waals surface area (Å²) >= 11 is 0. The van der Waals surface area contributed by atoms with Crippen LogP contribution in [0.25, 0.3) is 0 Å². The first-order valence-electron chi connectivity index (χ1n) is 7.74. The maximum atomic E-state index is 12.1. The maximum Gasteiger partial charge on any atom is 0.311 e. The highest BCUT2D eigenvalue weighted by atomic mass is 17.2. The molecule has 112 valence electrons. The molecule has 5 nitrogen and oxygen atoms in total. The van der Waals surface area contributed by atoms with Gasteiger partial charge in [-0.2, -0.15) is 0 Å². The molecule has 0 aromatic heterocycles. The average molecular weight is 282 g/mol. The Morgan fingerprint density at radius 1 is 1.15 bits per heavy atom. The van der Waals surface area contributed by atoms with Gasteiger partial charge in [0.15, 0.2) is 5.60 Å². The van der Waals surface area contributed by atoms with Gasteiger partial charge in [0.2, 0.25) is 6.29 Å². The van der Waals surface area contributed by atoms with Crippen molar-refractivity contribution in [2.45, 2.75) is 64.1 Å². The second-order valence-electron chi connectivity index (χ2n) is 6.97. The summed E-state index contributed by atoms with van der Waals surface area (Å²) in [5.41, 5.74) is -0.605. The molecule has 0 aromatic rings. The number of hydrogen-bond acceptors (Lipinski definition) is 5. The molecular weight excluding hydrogens is 260 g/mol. The van der Waals surface area contributed by atoms with E-state index >= 15 is 0 Å². The number of carbonyl (C=O) groups excluding carboxylic acids is 1. The summed E-state index contributed by atoms with van der Waals surface area (Å²) in [5.74, 6) is 0.684. The molecule has 20 heavy (non-hydrogen) atoms. The fourth-order valence-corrected chi connectivity index (χ4v) is 4.75. The van der Waals surface area contributed by atoms with Crippen LogP contribution in [-0.4, -0.2) is 30.1 Å². The zero-order chi connectivity index (χ0) is 14.1. The standard InChI is InChI=1S/C15H22O5/c1-7-4-5-10-8(2)13(16)18-14-15(10)11(7)6-12(19-20-15)9(3)17-14/h7-12,14H,4-6H2,1-3H3/t7-,8+,9-,10-,11+,12-,14+,15+/m1/s1. The highest BCUT2D eigenvalue weighted by molar-refractivity contribution is 5.74. The molecule has 0 radical (unpaired) electrons. The minimum absolute atomic E-state index is 0.0635. The molecule has 0 N–H and O–H groups in total. The molecule has 5 fully saturated rings. The molecule has 1 aliphatic carbocycles. The van der Waals surface area contributed by atoms with Crippen molar-refractivity contribution in [1.29, 1.82) is 0 Å². The van der Waals surface area contributed by atoms with Gasteiger partial charge in [0, 0.05) is 11.8 Å². The van der Waals surface area contributed by atoms with Gasteiger partial charge in [-0.05, 0) is 32.1 Å². The Balaban J connectivity index is 1.83.